The molecule has 0 amide bonds. The molecule has 0 fully saturated rings. The number of nitrogens with zero attached hydrogens (tertiary/aromatic N) is 2. The minimum Gasteiger partial charge on any atom is -0.544 e. The maximum atomic E-state index is 13.8. The summed E-state index contributed by atoms with van der Waals surface area (Å²) in [6.45, 7) is 5.58. The van der Waals surface area contributed by atoms with Gasteiger partial charge < -0.3 is 57.6 Å². The summed E-state index contributed by atoms with van der Waals surface area (Å²) in [5.41, 5.74) is 5.44. The van der Waals surface area contributed by atoms with Gasteiger partial charge in [-0.3, -0.25) is 0 Å². The van der Waals surface area contributed by atoms with Gasteiger partial charge >= 0.3 is 0 Å². The summed E-state index contributed by atoms with van der Waals surface area (Å²) in [6, 6.07) is 17.2. The van der Waals surface area contributed by atoms with E-state index in [1.807, 2.05) is 55.6 Å². The molecule has 12 heteroatoms. The average molecular weight is 1120 g/mol. The van der Waals surface area contributed by atoms with Gasteiger partial charge in [0.05, 0.1) is 66.0 Å². The number of carbonyl (C=O) groups is 2. The number of carboxylic acid groups (broad SMARTS) is 2. The molecule has 4 aliphatic rings. The zero-order valence-corrected chi connectivity index (χ0v) is 50.7. The van der Waals surface area contributed by atoms with Crippen LogP contribution >= 0.6 is 0 Å². The van der Waals surface area contributed by atoms with E-state index in [-0.39, 0.29) is 32.3 Å². The highest BCUT2D eigenvalue weighted by Gasteiger charge is 2.49. The van der Waals surface area contributed by atoms with Crippen LogP contribution in [0.15, 0.2) is 60.7 Å². The summed E-state index contributed by atoms with van der Waals surface area (Å²) in [5.74, 6) is 0.552. The number of likely N-dealkylation sites (N-methyl/N-ethyl adjacent to an activating group) is 2. The number of aromatic hydroxyl groups is 1. The lowest BCUT2D eigenvalue weighted by atomic mass is 9.83. The number of fused-ring (bicyclic) bond motifs is 2. The quantitative estimate of drug-likeness (QED) is 0.0361. The number of hydrogen-bond acceptors (Lipinski definition) is 10. The molecule has 0 aromatic heterocycles. The molecule has 0 aliphatic carbocycles. The van der Waals surface area contributed by atoms with E-state index in [0.29, 0.717) is 85.9 Å². The highest BCUT2D eigenvalue weighted by atomic mass is 16.5. The van der Waals surface area contributed by atoms with E-state index < -0.39 is 30.1 Å². The molecule has 6 bridgehead atoms. The van der Waals surface area contributed by atoms with Gasteiger partial charge in [-0.1, -0.05) is 173 Å². The summed E-state index contributed by atoms with van der Waals surface area (Å²) >= 11 is 0. The Morgan fingerprint density at radius 3 is 1.46 bits per heavy atom. The minimum absolute atomic E-state index is 0.113. The van der Waals surface area contributed by atoms with Crippen molar-refractivity contribution in [1.82, 2.24) is 0 Å². The molecule has 446 valence electrons. The second-order valence-corrected chi connectivity index (χ2v) is 24.5. The van der Waals surface area contributed by atoms with Gasteiger partial charge in [0, 0.05) is 44.1 Å². The molecule has 0 saturated carbocycles. The highest BCUT2D eigenvalue weighted by molar-refractivity contribution is 5.71. The fourth-order valence-electron chi connectivity index (χ4n) is 13.9. The van der Waals surface area contributed by atoms with Gasteiger partial charge in [-0.15, -0.1) is 0 Å². The third kappa shape index (κ3) is 16.2. The minimum atomic E-state index is -1.09. The van der Waals surface area contributed by atoms with E-state index >= 15 is 0 Å². The maximum Gasteiger partial charge on any atom is 0.201 e. The van der Waals surface area contributed by atoms with E-state index in [0.717, 1.165) is 79.2 Å². The van der Waals surface area contributed by atoms with Crippen LogP contribution in [0.4, 0.5) is 0 Å². The van der Waals surface area contributed by atoms with Gasteiger partial charge in [-0.25, -0.2) is 0 Å². The fourth-order valence-corrected chi connectivity index (χ4v) is 13.9. The summed E-state index contributed by atoms with van der Waals surface area (Å²) in [6.07, 6.45) is 31.4. The average Bonchev–Trinajstić information content (AvgIpc) is 3.65. The predicted molar refractivity (Wildman–Crippen MR) is 319 cm³/mol. The molecule has 81 heavy (non-hydrogen) atoms. The first-order valence-electron chi connectivity index (χ1n) is 31.7. The molecule has 4 aliphatic heterocycles. The number of hydrogen-bond donors (Lipinski definition) is 1. The van der Waals surface area contributed by atoms with Crippen molar-refractivity contribution in [2.75, 3.05) is 48.5 Å². The van der Waals surface area contributed by atoms with Crippen molar-refractivity contribution < 1.29 is 57.6 Å². The van der Waals surface area contributed by atoms with Crippen LogP contribution in [0.5, 0.6) is 46.0 Å². The van der Waals surface area contributed by atoms with Gasteiger partial charge in [0.1, 0.15) is 29.9 Å². The molecule has 8 rings (SSSR count). The van der Waals surface area contributed by atoms with Crippen molar-refractivity contribution in [2.45, 2.75) is 231 Å². The summed E-state index contributed by atoms with van der Waals surface area (Å²) in [4.78, 5) is 27.4. The van der Waals surface area contributed by atoms with E-state index in [9.17, 15) is 24.9 Å². The molecule has 0 spiro atoms. The first-order chi connectivity index (χ1) is 39.3. The smallest absolute Gasteiger partial charge is 0.201 e. The number of quaternary nitrogens is 2. The molecular weight excluding hydrogens is 1020 g/mol. The number of carboxylic acids is 2. The van der Waals surface area contributed by atoms with Crippen molar-refractivity contribution in [3.8, 4) is 46.0 Å². The Kier molecular flexibility index (Phi) is 24.4. The van der Waals surface area contributed by atoms with Crippen LogP contribution in [0.2, 0.25) is 0 Å². The lowest BCUT2D eigenvalue weighted by Crippen LogP contribution is -2.63. The number of carbonyl (C=O) groups excluding carboxylic acids is 2. The van der Waals surface area contributed by atoms with Crippen LogP contribution < -0.4 is 33.9 Å². The van der Waals surface area contributed by atoms with Gasteiger partial charge in [-0.2, -0.15) is 0 Å². The predicted octanol–water partition coefficient (Wildman–Crippen LogP) is 14.3. The Labute approximate surface area is 486 Å². The molecule has 0 saturated heterocycles. The molecule has 1 N–H and O–H groups in total. The molecule has 4 aromatic rings. The molecule has 6 unspecified atom stereocenters. The molecule has 4 aromatic carbocycles. The number of methoxy groups -OCH3 is 3. The molecular formula is C69H100N2O10. The Morgan fingerprint density at radius 1 is 0.531 bits per heavy atom. The van der Waals surface area contributed by atoms with Crippen LogP contribution in [-0.4, -0.2) is 86.6 Å². The Balaban J connectivity index is 1.25. The van der Waals surface area contributed by atoms with Gasteiger partial charge in [0.25, 0.3) is 0 Å². The van der Waals surface area contributed by atoms with Crippen molar-refractivity contribution in [3.63, 3.8) is 0 Å². The van der Waals surface area contributed by atoms with Gasteiger partial charge in [-0.05, 0) is 77.6 Å². The number of phenolic OH excluding ortho intramolecular Hbond substituents is 1. The van der Waals surface area contributed by atoms with Gasteiger partial charge in [0.2, 0.25) is 5.75 Å². The molecule has 4 heterocycles. The summed E-state index contributed by atoms with van der Waals surface area (Å²) < 4.78 is 32.2. The van der Waals surface area contributed by atoms with E-state index in [1.165, 1.54) is 110 Å². The van der Waals surface area contributed by atoms with Crippen LogP contribution in [0.25, 0.3) is 0 Å². The monoisotopic (exact) mass is 1120 g/mol. The fraction of sp³-hybridized carbons (Fsp3) is 0.623. The molecule has 6 atom stereocenters. The Bertz CT molecular complexity index is 2620. The first-order valence-corrected chi connectivity index (χ1v) is 31.7. The van der Waals surface area contributed by atoms with Crippen LogP contribution in [0.3, 0.4) is 0 Å². The second-order valence-electron chi connectivity index (χ2n) is 24.5. The number of ether oxygens (including phenoxy) is 5. The normalized spacial score (nSPS) is 20.0. The Hall–Kier alpha value is -5.46. The third-order valence-corrected chi connectivity index (χ3v) is 18.9. The number of phenols is 1. The van der Waals surface area contributed by atoms with Crippen LogP contribution in [0.1, 0.15) is 226 Å². The lowest BCUT2D eigenvalue weighted by Gasteiger charge is -2.51. The van der Waals surface area contributed by atoms with E-state index in [1.54, 1.807) is 14.2 Å². The first kappa shape index (κ1) is 63.1. The van der Waals surface area contributed by atoms with Crippen molar-refractivity contribution in [1.29, 1.82) is 0 Å². The number of unbranched alkanes of at least 4 members (excludes halogenated alkanes) is 22. The SMILES string of the molecule is CCCCCCCCCCCCCCC(C(=O)[O-])[N+]1(C)CCc2cc(OC)c3cc2C1Cc1ccc(cc1)Oc1cc(ccc1OC)CC1c2c(cc(OC)c(O)c2O3)CC[N+]1(C)C(CCCCCCCCCCCCCC)C(=O)[O-]. The summed E-state index contributed by atoms with van der Waals surface area (Å²) in [7, 11) is 8.86. The van der Waals surface area contributed by atoms with E-state index in [4.69, 9.17) is 23.7 Å². The zero-order chi connectivity index (χ0) is 57.8. The zero-order valence-electron chi connectivity index (χ0n) is 50.7. The highest BCUT2D eigenvalue weighted by Crippen LogP contribution is 2.54. The molecule has 0 radical (unpaired) electrons. The van der Waals surface area contributed by atoms with Crippen molar-refractivity contribution in [3.05, 3.63) is 94.0 Å². The lowest BCUT2D eigenvalue weighted by molar-refractivity contribution is -0.958. The van der Waals surface area contributed by atoms with Crippen molar-refractivity contribution in [2.24, 2.45) is 0 Å². The number of aliphatic carboxylic acids is 2. The Morgan fingerprint density at radius 2 is 0.963 bits per heavy atom. The topological polar surface area (TPSA) is 147 Å². The molecule has 12 nitrogen and oxygen atoms in total. The van der Waals surface area contributed by atoms with Crippen LogP contribution in [0, 0.1) is 0 Å². The number of rotatable bonds is 33. The maximum absolute atomic E-state index is 13.8. The number of benzene rings is 4. The third-order valence-electron chi connectivity index (χ3n) is 18.9. The second kappa shape index (κ2) is 31.3. The van der Waals surface area contributed by atoms with Gasteiger partial charge in [0.15, 0.2) is 34.5 Å². The van der Waals surface area contributed by atoms with E-state index in [2.05, 4.69) is 33.0 Å². The largest absolute Gasteiger partial charge is 0.544 e. The standard InChI is InChI=1S/C69H100N2O10/c1-8-10-12-14-16-18-20-22-24-26-28-30-32-56(68(73)74)70(3)42-40-52-47-61(78-6)63-49-55(52)58(70)44-50-34-37-54(38-35-50)80-62-46-51(36-39-60(62)77-5)45-59-65-53(48-64(79-7)66(72)67(65)81-63)41-43-71(59,4)57(69(75)76)33-31-29-27-25-23-21-19-17-15-13-11-9-2/h34-39,46-49,56-59H,8-33,40-45H2,1-7H3,(H-2,72,73,74,75,76). The van der Waals surface area contributed by atoms with Crippen LogP contribution in [-0.2, 0) is 35.3 Å². The summed E-state index contributed by atoms with van der Waals surface area (Å²) in [5, 5.41) is 39.9. The van der Waals surface area contributed by atoms with Crippen molar-refractivity contribution >= 4 is 11.9 Å².